The molecule has 0 aliphatic heterocycles. The van der Waals surface area contributed by atoms with Crippen LogP contribution in [0.2, 0.25) is 0 Å². The minimum Gasteiger partial charge on any atom is -0.366 e. The molecule has 4 N–H and O–H groups in total. The van der Waals surface area contributed by atoms with E-state index in [9.17, 15) is 18.4 Å². The molecule has 7 heteroatoms. The molecule has 0 heterocycles. The first kappa shape index (κ1) is 14.4. The molecule has 3 amide bonds. The molecule has 0 saturated carbocycles. The standard InChI is InChI=1S/C14H11F2N3O2/c15-8-2-1-3-10(6-8)18-14(21)19-12-7-9(16)4-5-11(12)13(17)20/h1-7H,(H2,17,20)(H2,18,19,21). The molecule has 108 valence electrons. The number of hydrogen-bond acceptors (Lipinski definition) is 2. The zero-order chi connectivity index (χ0) is 15.4. The average Bonchev–Trinajstić information content (AvgIpc) is 2.38. The van der Waals surface area contributed by atoms with E-state index in [0.29, 0.717) is 0 Å². The lowest BCUT2D eigenvalue weighted by Crippen LogP contribution is -2.22. The summed E-state index contributed by atoms with van der Waals surface area (Å²) in [7, 11) is 0. The first-order chi connectivity index (χ1) is 9.95. The van der Waals surface area contributed by atoms with E-state index < -0.39 is 23.6 Å². The zero-order valence-corrected chi connectivity index (χ0v) is 10.7. The summed E-state index contributed by atoms with van der Waals surface area (Å²) < 4.78 is 26.2. The molecule has 0 radical (unpaired) electrons. The van der Waals surface area contributed by atoms with Gasteiger partial charge in [0, 0.05) is 5.69 Å². The predicted molar refractivity (Wildman–Crippen MR) is 74.0 cm³/mol. The maximum absolute atomic E-state index is 13.2. The van der Waals surface area contributed by atoms with Crippen molar-refractivity contribution in [1.29, 1.82) is 0 Å². The van der Waals surface area contributed by atoms with Gasteiger partial charge in [0.25, 0.3) is 5.91 Å². The minimum atomic E-state index is -0.809. The normalized spacial score (nSPS) is 10.0. The molecule has 2 aromatic rings. The Labute approximate surface area is 118 Å². The number of amides is 3. The average molecular weight is 291 g/mol. The number of anilines is 2. The molecule has 0 spiro atoms. The summed E-state index contributed by atoms with van der Waals surface area (Å²) in [4.78, 5) is 23.0. The van der Waals surface area contributed by atoms with Crippen LogP contribution in [0.4, 0.5) is 25.0 Å². The first-order valence-corrected chi connectivity index (χ1v) is 5.88. The quantitative estimate of drug-likeness (QED) is 0.812. The Morgan fingerprint density at radius 3 is 2.33 bits per heavy atom. The summed E-state index contributed by atoms with van der Waals surface area (Å²) in [6, 6.07) is 7.65. The summed E-state index contributed by atoms with van der Waals surface area (Å²) in [5.41, 5.74) is 5.23. The molecular formula is C14H11F2N3O2. The van der Waals surface area contributed by atoms with E-state index in [1.807, 2.05) is 0 Å². The number of hydrogen-bond donors (Lipinski definition) is 3. The molecular weight excluding hydrogens is 280 g/mol. The molecule has 0 atom stereocenters. The largest absolute Gasteiger partial charge is 0.366 e. The van der Waals surface area contributed by atoms with Crippen molar-refractivity contribution in [2.75, 3.05) is 10.6 Å². The third-order valence-electron chi connectivity index (χ3n) is 2.58. The monoisotopic (exact) mass is 291 g/mol. The SMILES string of the molecule is NC(=O)c1ccc(F)cc1NC(=O)Nc1cccc(F)c1. The highest BCUT2D eigenvalue weighted by Gasteiger charge is 2.12. The van der Waals surface area contributed by atoms with E-state index in [-0.39, 0.29) is 16.9 Å². The second kappa shape index (κ2) is 6.00. The van der Waals surface area contributed by atoms with Crippen LogP contribution in [0.25, 0.3) is 0 Å². The number of nitrogens with two attached hydrogens (primary N) is 1. The van der Waals surface area contributed by atoms with Crippen molar-refractivity contribution < 1.29 is 18.4 Å². The van der Waals surface area contributed by atoms with E-state index in [1.54, 1.807) is 0 Å². The van der Waals surface area contributed by atoms with Crippen LogP contribution in [-0.2, 0) is 0 Å². The molecule has 0 bridgehead atoms. The van der Waals surface area contributed by atoms with Crippen molar-refractivity contribution in [2.45, 2.75) is 0 Å². The van der Waals surface area contributed by atoms with Gasteiger partial charge in [0.1, 0.15) is 11.6 Å². The number of halogens is 2. The van der Waals surface area contributed by atoms with E-state index in [4.69, 9.17) is 5.73 Å². The number of rotatable bonds is 3. The maximum Gasteiger partial charge on any atom is 0.323 e. The molecule has 5 nitrogen and oxygen atoms in total. The fourth-order valence-electron chi connectivity index (χ4n) is 1.69. The van der Waals surface area contributed by atoms with Gasteiger partial charge in [0.15, 0.2) is 0 Å². The van der Waals surface area contributed by atoms with Crippen LogP contribution in [0, 0.1) is 11.6 Å². The third kappa shape index (κ3) is 3.75. The topological polar surface area (TPSA) is 84.2 Å². The summed E-state index contributed by atoms with van der Waals surface area (Å²) in [5.74, 6) is -1.96. The molecule has 2 aromatic carbocycles. The second-order valence-electron chi connectivity index (χ2n) is 4.14. The lowest BCUT2D eigenvalue weighted by molar-refractivity contribution is 0.100. The zero-order valence-electron chi connectivity index (χ0n) is 10.7. The van der Waals surface area contributed by atoms with Gasteiger partial charge >= 0.3 is 6.03 Å². The Kier molecular flexibility index (Phi) is 4.13. The fraction of sp³-hybridized carbons (Fsp3) is 0. The van der Waals surface area contributed by atoms with Crippen molar-refractivity contribution in [2.24, 2.45) is 5.73 Å². The van der Waals surface area contributed by atoms with Crippen LogP contribution < -0.4 is 16.4 Å². The Bertz CT molecular complexity index is 704. The van der Waals surface area contributed by atoms with Crippen LogP contribution in [0.1, 0.15) is 10.4 Å². The smallest absolute Gasteiger partial charge is 0.323 e. The Morgan fingerprint density at radius 2 is 1.67 bits per heavy atom. The van der Waals surface area contributed by atoms with Gasteiger partial charge in [-0.3, -0.25) is 4.79 Å². The molecule has 0 aliphatic carbocycles. The Balaban J connectivity index is 2.16. The van der Waals surface area contributed by atoms with Crippen molar-refractivity contribution in [3.8, 4) is 0 Å². The van der Waals surface area contributed by atoms with Crippen LogP contribution >= 0.6 is 0 Å². The summed E-state index contributed by atoms with van der Waals surface area (Å²) in [6.45, 7) is 0. The molecule has 2 rings (SSSR count). The Hall–Kier alpha value is -2.96. The lowest BCUT2D eigenvalue weighted by atomic mass is 10.1. The van der Waals surface area contributed by atoms with Gasteiger partial charge < -0.3 is 16.4 Å². The molecule has 21 heavy (non-hydrogen) atoms. The molecule has 0 saturated heterocycles. The number of primary amides is 1. The lowest BCUT2D eigenvalue weighted by Gasteiger charge is -2.10. The van der Waals surface area contributed by atoms with E-state index >= 15 is 0 Å². The molecule has 0 fully saturated rings. The Morgan fingerprint density at radius 1 is 0.952 bits per heavy atom. The van der Waals surface area contributed by atoms with Gasteiger partial charge in [0.05, 0.1) is 11.3 Å². The number of carbonyl (C=O) groups excluding carboxylic acids is 2. The number of benzene rings is 2. The van der Waals surface area contributed by atoms with Gasteiger partial charge in [-0.25, -0.2) is 13.6 Å². The fourth-order valence-corrected chi connectivity index (χ4v) is 1.69. The van der Waals surface area contributed by atoms with Crippen LogP contribution in [-0.4, -0.2) is 11.9 Å². The number of urea groups is 1. The summed E-state index contributed by atoms with van der Waals surface area (Å²) >= 11 is 0. The van der Waals surface area contributed by atoms with Crippen molar-refractivity contribution in [3.05, 3.63) is 59.7 Å². The third-order valence-corrected chi connectivity index (χ3v) is 2.58. The predicted octanol–water partition coefficient (Wildman–Crippen LogP) is 2.71. The molecule has 0 aliphatic rings. The van der Waals surface area contributed by atoms with Crippen molar-refractivity contribution in [3.63, 3.8) is 0 Å². The van der Waals surface area contributed by atoms with Gasteiger partial charge in [-0.2, -0.15) is 0 Å². The highest BCUT2D eigenvalue weighted by Crippen LogP contribution is 2.17. The van der Waals surface area contributed by atoms with Gasteiger partial charge in [0.2, 0.25) is 0 Å². The van der Waals surface area contributed by atoms with Crippen molar-refractivity contribution in [1.82, 2.24) is 0 Å². The van der Waals surface area contributed by atoms with Crippen LogP contribution in [0.5, 0.6) is 0 Å². The van der Waals surface area contributed by atoms with Gasteiger partial charge in [-0.1, -0.05) is 6.07 Å². The van der Waals surface area contributed by atoms with E-state index in [2.05, 4.69) is 10.6 Å². The van der Waals surface area contributed by atoms with Crippen LogP contribution in [0.3, 0.4) is 0 Å². The van der Waals surface area contributed by atoms with E-state index in [0.717, 1.165) is 24.3 Å². The first-order valence-electron chi connectivity index (χ1n) is 5.88. The number of carbonyl (C=O) groups is 2. The number of nitrogens with one attached hydrogen (secondary N) is 2. The highest BCUT2D eigenvalue weighted by atomic mass is 19.1. The second-order valence-corrected chi connectivity index (χ2v) is 4.14. The van der Waals surface area contributed by atoms with E-state index in [1.165, 1.54) is 18.2 Å². The minimum absolute atomic E-state index is 0.0363. The van der Waals surface area contributed by atoms with Crippen molar-refractivity contribution >= 4 is 23.3 Å². The maximum atomic E-state index is 13.2. The highest BCUT2D eigenvalue weighted by molar-refractivity contribution is 6.06. The summed E-state index contributed by atoms with van der Waals surface area (Å²) in [6.07, 6.45) is 0. The molecule has 0 unspecified atom stereocenters. The summed E-state index contributed by atoms with van der Waals surface area (Å²) in [5, 5.41) is 4.64. The van der Waals surface area contributed by atoms with Gasteiger partial charge in [-0.15, -0.1) is 0 Å². The van der Waals surface area contributed by atoms with Gasteiger partial charge in [-0.05, 0) is 36.4 Å². The molecule has 0 aromatic heterocycles. The van der Waals surface area contributed by atoms with Crippen LogP contribution in [0.15, 0.2) is 42.5 Å².